The van der Waals surface area contributed by atoms with Gasteiger partial charge in [0.2, 0.25) is 0 Å². The molecule has 1 unspecified atom stereocenters. The van der Waals surface area contributed by atoms with Crippen molar-refractivity contribution in [2.45, 2.75) is 46.6 Å². The molecular formula is C18H25ClN2. The fourth-order valence-corrected chi connectivity index (χ4v) is 2.75. The van der Waals surface area contributed by atoms with Crippen LogP contribution in [0.3, 0.4) is 0 Å². The summed E-state index contributed by atoms with van der Waals surface area (Å²) in [5.74, 6) is 0. The van der Waals surface area contributed by atoms with Gasteiger partial charge in [-0.2, -0.15) is 0 Å². The molecule has 0 aliphatic carbocycles. The summed E-state index contributed by atoms with van der Waals surface area (Å²) in [6, 6.07) is 8.54. The fraction of sp³-hybridized carbons (Fsp3) is 0.500. The van der Waals surface area contributed by atoms with Crippen LogP contribution in [0.5, 0.6) is 0 Å². The van der Waals surface area contributed by atoms with Crippen LogP contribution in [0.2, 0.25) is 5.02 Å². The molecule has 2 aromatic rings. The fourth-order valence-electron chi connectivity index (χ4n) is 2.58. The van der Waals surface area contributed by atoms with Gasteiger partial charge in [-0.05, 0) is 48.6 Å². The molecule has 1 N–H and O–H groups in total. The summed E-state index contributed by atoms with van der Waals surface area (Å²) in [5, 5.41) is 5.63. The zero-order chi connectivity index (χ0) is 15.5. The van der Waals surface area contributed by atoms with Gasteiger partial charge >= 0.3 is 0 Å². The average Bonchev–Trinajstić information content (AvgIpc) is 2.41. The second-order valence-corrected chi connectivity index (χ2v) is 7.14. The topological polar surface area (TPSA) is 24.9 Å². The molecule has 1 aromatic carbocycles. The van der Waals surface area contributed by atoms with Crippen molar-refractivity contribution in [3.05, 3.63) is 41.0 Å². The van der Waals surface area contributed by atoms with Crippen LogP contribution in [-0.2, 0) is 6.42 Å². The Balaban J connectivity index is 2.32. The SMILES string of the molecule is CCCNC(Cc1ccnc2cc(Cl)ccc12)C(C)(C)C. The summed E-state index contributed by atoms with van der Waals surface area (Å²) in [7, 11) is 0. The molecule has 1 heterocycles. The highest BCUT2D eigenvalue weighted by atomic mass is 35.5. The molecule has 1 aromatic heterocycles. The van der Waals surface area contributed by atoms with E-state index in [1.807, 2.05) is 18.3 Å². The Kier molecular flexibility index (Phi) is 5.23. The summed E-state index contributed by atoms with van der Waals surface area (Å²) >= 11 is 6.07. The first-order chi connectivity index (χ1) is 9.91. The van der Waals surface area contributed by atoms with Gasteiger partial charge in [0.25, 0.3) is 0 Å². The zero-order valence-corrected chi connectivity index (χ0v) is 14.2. The van der Waals surface area contributed by atoms with E-state index >= 15 is 0 Å². The summed E-state index contributed by atoms with van der Waals surface area (Å²) < 4.78 is 0. The van der Waals surface area contributed by atoms with Gasteiger partial charge in [-0.1, -0.05) is 45.4 Å². The normalized spacial score (nSPS) is 13.6. The number of hydrogen-bond acceptors (Lipinski definition) is 2. The van der Waals surface area contributed by atoms with Crippen molar-refractivity contribution in [2.75, 3.05) is 6.54 Å². The van der Waals surface area contributed by atoms with Gasteiger partial charge in [-0.25, -0.2) is 0 Å². The minimum absolute atomic E-state index is 0.219. The van der Waals surface area contributed by atoms with Crippen molar-refractivity contribution in [1.29, 1.82) is 0 Å². The van der Waals surface area contributed by atoms with Crippen LogP contribution >= 0.6 is 11.6 Å². The number of benzene rings is 1. The van der Waals surface area contributed by atoms with E-state index in [1.165, 1.54) is 10.9 Å². The molecule has 0 amide bonds. The molecule has 0 saturated heterocycles. The van der Waals surface area contributed by atoms with Gasteiger partial charge < -0.3 is 5.32 Å². The summed E-state index contributed by atoms with van der Waals surface area (Å²) in [5.41, 5.74) is 2.53. The molecule has 1 atom stereocenters. The Hall–Kier alpha value is -1.12. The van der Waals surface area contributed by atoms with Crippen molar-refractivity contribution >= 4 is 22.5 Å². The van der Waals surface area contributed by atoms with Crippen LogP contribution in [0.25, 0.3) is 10.9 Å². The number of hydrogen-bond donors (Lipinski definition) is 1. The lowest BCUT2D eigenvalue weighted by Crippen LogP contribution is -2.42. The van der Waals surface area contributed by atoms with Crippen LogP contribution in [0, 0.1) is 5.41 Å². The number of nitrogens with zero attached hydrogens (tertiary/aromatic N) is 1. The van der Waals surface area contributed by atoms with Crippen molar-refractivity contribution < 1.29 is 0 Å². The van der Waals surface area contributed by atoms with Gasteiger partial charge in [-0.15, -0.1) is 0 Å². The lowest BCUT2D eigenvalue weighted by molar-refractivity contribution is 0.267. The molecule has 0 fully saturated rings. The predicted molar refractivity (Wildman–Crippen MR) is 92.0 cm³/mol. The highest BCUT2D eigenvalue weighted by molar-refractivity contribution is 6.31. The number of rotatable bonds is 5. The van der Waals surface area contributed by atoms with E-state index in [4.69, 9.17) is 11.6 Å². The monoisotopic (exact) mass is 304 g/mol. The second-order valence-electron chi connectivity index (χ2n) is 6.71. The third-order valence-electron chi connectivity index (χ3n) is 3.91. The standard InChI is InChI=1S/C18H25ClN2/c1-5-9-21-17(18(2,3)4)11-13-8-10-20-16-12-14(19)6-7-15(13)16/h6-8,10,12,17,21H,5,9,11H2,1-4H3. The van der Waals surface area contributed by atoms with Gasteiger partial charge in [0.15, 0.2) is 0 Å². The Morgan fingerprint density at radius 3 is 2.67 bits per heavy atom. The second kappa shape index (κ2) is 6.76. The van der Waals surface area contributed by atoms with E-state index in [1.54, 1.807) is 0 Å². The highest BCUT2D eigenvalue weighted by Crippen LogP contribution is 2.27. The highest BCUT2D eigenvalue weighted by Gasteiger charge is 2.24. The first kappa shape index (κ1) is 16.3. The first-order valence-corrected chi connectivity index (χ1v) is 8.06. The molecule has 0 spiro atoms. The Labute approximate surface area is 132 Å². The molecule has 2 nitrogen and oxygen atoms in total. The van der Waals surface area contributed by atoms with E-state index in [-0.39, 0.29) is 5.41 Å². The molecule has 3 heteroatoms. The predicted octanol–water partition coefficient (Wildman–Crippen LogP) is 4.85. The van der Waals surface area contributed by atoms with Crippen LogP contribution in [-0.4, -0.2) is 17.6 Å². The number of aromatic nitrogens is 1. The number of nitrogens with one attached hydrogen (secondary N) is 1. The van der Waals surface area contributed by atoms with E-state index in [2.05, 4.69) is 50.1 Å². The minimum atomic E-state index is 0.219. The van der Waals surface area contributed by atoms with E-state index < -0.39 is 0 Å². The largest absolute Gasteiger partial charge is 0.313 e. The van der Waals surface area contributed by atoms with E-state index in [0.717, 1.165) is 29.9 Å². The maximum Gasteiger partial charge on any atom is 0.0719 e. The molecule has 0 saturated carbocycles. The van der Waals surface area contributed by atoms with Crippen LogP contribution < -0.4 is 5.32 Å². The third-order valence-corrected chi connectivity index (χ3v) is 4.14. The van der Waals surface area contributed by atoms with Crippen molar-refractivity contribution in [3.63, 3.8) is 0 Å². The van der Waals surface area contributed by atoms with Gasteiger partial charge in [0.1, 0.15) is 0 Å². The van der Waals surface area contributed by atoms with E-state index in [9.17, 15) is 0 Å². The third kappa shape index (κ3) is 4.18. The number of fused-ring (bicyclic) bond motifs is 1. The Morgan fingerprint density at radius 2 is 2.00 bits per heavy atom. The Bertz CT molecular complexity index is 602. The zero-order valence-electron chi connectivity index (χ0n) is 13.4. The lowest BCUT2D eigenvalue weighted by Gasteiger charge is -2.32. The molecule has 0 bridgehead atoms. The van der Waals surface area contributed by atoms with Gasteiger partial charge in [0.05, 0.1) is 5.52 Å². The summed E-state index contributed by atoms with van der Waals surface area (Å²) in [4.78, 5) is 4.43. The first-order valence-electron chi connectivity index (χ1n) is 7.68. The molecule has 114 valence electrons. The molecule has 0 aliphatic rings. The average molecular weight is 305 g/mol. The number of pyridine rings is 1. The summed E-state index contributed by atoms with van der Waals surface area (Å²) in [6.45, 7) is 10.1. The van der Waals surface area contributed by atoms with Gasteiger partial charge in [0, 0.05) is 22.6 Å². The van der Waals surface area contributed by atoms with Crippen LogP contribution in [0.15, 0.2) is 30.5 Å². The van der Waals surface area contributed by atoms with Crippen LogP contribution in [0.1, 0.15) is 39.7 Å². The molecule has 21 heavy (non-hydrogen) atoms. The van der Waals surface area contributed by atoms with Crippen molar-refractivity contribution in [3.8, 4) is 0 Å². The lowest BCUT2D eigenvalue weighted by atomic mass is 9.82. The summed E-state index contributed by atoms with van der Waals surface area (Å²) in [6.07, 6.45) is 4.04. The van der Waals surface area contributed by atoms with E-state index in [0.29, 0.717) is 6.04 Å². The molecular weight excluding hydrogens is 280 g/mol. The maximum absolute atomic E-state index is 6.07. The maximum atomic E-state index is 6.07. The quantitative estimate of drug-likeness (QED) is 0.854. The van der Waals surface area contributed by atoms with Crippen molar-refractivity contribution in [1.82, 2.24) is 10.3 Å². The molecule has 0 radical (unpaired) electrons. The molecule has 2 rings (SSSR count). The van der Waals surface area contributed by atoms with Crippen LogP contribution in [0.4, 0.5) is 0 Å². The smallest absolute Gasteiger partial charge is 0.0719 e. The minimum Gasteiger partial charge on any atom is -0.313 e. The van der Waals surface area contributed by atoms with Crippen molar-refractivity contribution in [2.24, 2.45) is 5.41 Å². The number of halogens is 1. The molecule has 0 aliphatic heterocycles. The van der Waals surface area contributed by atoms with Gasteiger partial charge in [-0.3, -0.25) is 4.98 Å². The Morgan fingerprint density at radius 1 is 1.24 bits per heavy atom.